The van der Waals surface area contributed by atoms with Gasteiger partial charge in [0.25, 0.3) is 15.9 Å². The first-order valence-corrected chi connectivity index (χ1v) is 11.6. The van der Waals surface area contributed by atoms with Gasteiger partial charge in [0.1, 0.15) is 5.75 Å². The fourth-order valence-corrected chi connectivity index (χ4v) is 4.14. The van der Waals surface area contributed by atoms with Crippen LogP contribution in [-0.4, -0.2) is 20.4 Å². The Bertz CT molecular complexity index is 1170. The number of anilines is 2. The fraction of sp³-hybridized carbons (Fsp3) is 0.136. The Morgan fingerprint density at radius 3 is 2.32 bits per heavy atom. The summed E-state index contributed by atoms with van der Waals surface area (Å²) in [5.41, 5.74) is 0.792. The molecule has 0 aliphatic rings. The Hall–Kier alpha value is -2.74. The molecule has 0 aliphatic heterocycles. The van der Waals surface area contributed by atoms with Crippen molar-refractivity contribution in [3.8, 4) is 5.75 Å². The minimum Gasteiger partial charge on any atom is -0.479 e. The number of halogens is 2. The number of para-hydroxylation sites is 1. The third-order valence-corrected chi connectivity index (χ3v) is 6.22. The highest BCUT2D eigenvalue weighted by Gasteiger charge is 2.20. The van der Waals surface area contributed by atoms with Gasteiger partial charge in [-0.05, 0) is 61.0 Å². The van der Waals surface area contributed by atoms with Crippen LogP contribution in [0.25, 0.3) is 0 Å². The van der Waals surface area contributed by atoms with Gasteiger partial charge in [-0.2, -0.15) is 0 Å². The van der Waals surface area contributed by atoms with E-state index in [1.54, 1.807) is 42.5 Å². The molecule has 2 N–H and O–H groups in total. The summed E-state index contributed by atoms with van der Waals surface area (Å²) in [6.07, 6.45) is -0.333. The van der Waals surface area contributed by atoms with Gasteiger partial charge >= 0.3 is 0 Å². The van der Waals surface area contributed by atoms with Crippen LogP contribution in [0.5, 0.6) is 5.75 Å². The van der Waals surface area contributed by atoms with Gasteiger partial charge < -0.3 is 10.1 Å². The maximum Gasteiger partial charge on any atom is 0.265 e. The lowest BCUT2D eigenvalue weighted by Gasteiger charge is -2.18. The molecule has 0 bridgehead atoms. The molecule has 0 spiro atoms. The van der Waals surface area contributed by atoms with Gasteiger partial charge in [0.2, 0.25) is 0 Å². The molecule has 9 heteroatoms. The molecule has 31 heavy (non-hydrogen) atoms. The van der Waals surface area contributed by atoms with Crippen molar-refractivity contribution < 1.29 is 17.9 Å². The van der Waals surface area contributed by atoms with E-state index in [2.05, 4.69) is 10.0 Å². The van der Waals surface area contributed by atoms with Gasteiger partial charge in [0.15, 0.2) is 6.10 Å². The van der Waals surface area contributed by atoms with Crippen molar-refractivity contribution in [1.82, 2.24) is 0 Å². The zero-order chi connectivity index (χ0) is 22.4. The smallest absolute Gasteiger partial charge is 0.265 e. The van der Waals surface area contributed by atoms with Crippen LogP contribution in [0.3, 0.4) is 0 Å². The van der Waals surface area contributed by atoms with E-state index in [0.717, 1.165) is 0 Å². The van der Waals surface area contributed by atoms with Gasteiger partial charge in [-0.25, -0.2) is 8.42 Å². The number of hydrogen-bond donors (Lipinski definition) is 2. The number of carbonyl (C=O) groups is 1. The Labute approximate surface area is 191 Å². The first-order valence-electron chi connectivity index (χ1n) is 9.39. The van der Waals surface area contributed by atoms with Crippen LogP contribution in [0.1, 0.15) is 13.3 Å². The average molecular weight is 479 g/mol. The summed E-state index contributed by atoms with van der Waals surface area (Å²) in [7, 11) is -3.80. The molecule has 0 saturated carbocycles. The van der Waals surface area contributed by atoms with Crippen LogP contribution >= 0.6 is 23.2 Å². The lowest BCUT2D eigenvalue weighted by atomic mass is 10.2. The highest BCUT2D eigenvalue weighted by molar-refractivity contribution is 7.92. The summed E-state index contributed by atoms with van der Waals surface area (Å²) in [4.78, 5) is 12.6. The molecule has 3 aromatic rings. The minimum absolute atomic E-state index is 0.0461. The van der Waals surface area contributed by atoms with Gasteiger partial charge in [0, 0.05) is 10.7 Å². The van der Waals surface area contributed by atoms with Crippen LogP contribution in [0.4, 0.5) is 11.4 Å². The van der Waals surface area contributed by atoms with Crippen LogP contribution in [0.15, 0.2) is 77.7 Å². The molecule has 0 fully saturated rings. The summed E-state index contributed by atoms with van der Waals surface area (Å²) in [5, 5.41) is 3.56. The summed E-state index contributed by atoms with van der Waals surface area (Å²) < 4.78 is 33.3. The molecule has 3 rings (SSSR count). The van der Waals surface area contributed by atoms with E-state index in [1.807, 2.05) is 6.92 Å². The number of carbonyl (C=O) groups excluding carboxylic acids is 1. The van der Waals surface area contributed by atoms with E-state index in [1.165, 1.54) is 30.3 Å². The van der Waals surface area contributed by atoms with E-state index in [0.29, 0.717) is 33.6 Å². The minimum atomic E-state index is -3.80. The molecular formula is C22H20Cl2N2O4S. The maximum atomic E-state index is 12.6. The average Bonchev–Trinajstić information content (AvgIpc) is 2.73. The maximum absolute atomic E-state index is 12.6. The van der Waals surface area contributed by atoms with E-state index < -0.39 is 16.1 Å². The first-order chi connectivity index (χ1) is 14.8. The van der Waals surface area contributed by atoms with Crippen LogP contribution < -0.4 is 14.8 Å². The molecule has 1 amide bonds. The van der Waals surface area contributed by atoms with Crippen molar-refractivity contribution in [2.24, 2.45) is 0 Å². The first kappa shape index (κ1) is 22.9. The Morgan fingerprint density at radius 1 is 0.968 bits per heavy atom. The molecule has 3 aromatic carbocycles. The topological polar surface area (TPSA) is 84.5 Å². The third kappa shape index (κ3) is 6.13. The normalized spacial score (nSPS) is 12.1. The van der Waals surface area contributed by atoms with Crippen molar-refractivity contribution in [2.45, 2.75) is 24.3 Å². The van der Waals surface area contributed by atoms with Gasteiger partial charge in [-0.3, -0.25) is 9.52 Å². The lowest BCUT2D eigenvalue weighted by Crippen LogP contribution is -2.32. The monoisotopic (exact) mass is 478 g/mol. The van der Waals surface area contributed by atoms with Crippen LogP contribution in [0, 0.1) is 0 Å². The second-order valence-corrected chi connectivity index (χ2v) is 9.10. The second kappa shape index (κ2) is 10.0. The van der Waals surface area contributed by atoms with Crippen LogP contribution in [-0.2, 0) is 14.8 Å². The molecule has 0 aliphatic carbocycles. The molecule has 0 unspecified atom stereocenters. The molecule has 0 heterocycles. The van der Waals surface area contributed by atoms with Crippen molar-refractivity contribution in [3.63, 3.8) is 0 Å². The van der Waals surface area contributed by atoms with Gasteiger partial charge in [-0.15, -0.1) is 0 Å². The molecule has 0 radical (unpaired) electrons. The van der Waals surface area contributed by atoms with Crippen molar-refractivity contribution >= 4 is 50.5 Å². The predicted octanol–water partition coefficient (Wildman–Crippen LogP) is 5.59. The summed E-state index contributed by atoms with van der Waals surface area (Å²) in [6, 6.07) is 19.1. The van der Waals surface area contributed by atoms with Gasteiger partial charge in [0.05, 0.1) is 15.6 Å². The molecule has 0 aromatic heterocycles. The third-order valence-electron chi connectivity index (χ3n) is 4.28. The number of amides is 1. The summed E-state index contributed by atoms with van der Waals surface area (Å²) >= 11 is 12.0. The standard InChI is InChI=1S/C22H20Cl2N2O4S/c1-2-20(30-21-9-4-3-8-19(21)24)22(27)25-16-10-12-18(13-11-16)31(28,29)26-17-7-5-6-15(23)14-17/h3-14,20,26H,2H2,1H3,(H,25,27)/t20-/m0/s1. The number of rotatable bonds is 8. The second-order valence-electron chi connectivity index (χ2n) is 6.57. The number of ether oxygens (including phenoxy) is 1. The fourth-order valence-electron chi connectivity index (χ4n) is 2.72. The Morgan fingerprint density at radius 2 is 1.68 bits per heavy atom. The Balaban J connectivity index is 1.67. The number of sulfonamides is 1. The van der Waals surface area contributed by atoms with E-state index >= 15 is 0 Å². The number of benzene rings is 3. The SMILES string of the molecule is CC[C@H](Oc1ccccc1Cl)C(=O)Nc1ccc(S(=O)(=O)Nc2cccc(Cl)c2)cc1. The molecule has 0 saturated heterocycles. The highest BCUT2D eigenvalue weighted by atomic mass is 35.5. The van der Waals surface area contributed by atoms with Crippen molar-refractivity contribution in [1.29, 1.82) is 0 Å². The molecular weight excluding hydrogens is 459 g/mol. The van der Waals surface area contributed by atoms with Gasteiger partial charge in [-0.1, -0.05) is 48.3 Å². The van der Waals surface area contributed by atoms with Crippen LogP contribution in [0.2, 0.25) is 10.0 Å². The summed E-state index contributed by atoms with van der Waals surface area (Å²) in [5.74, 6) is 0.0507. The Kier molecular flexibility index (Phi) is 7.43. The highest BCUT2D eigenvalue weighted by Crippen LogP contribution is 2.25. The molecule has 162 valence electrons. The van der Waals surface area contributed by atoms with E-state index in [9.17, 15) is 13.2 Å². The summed E-state index contributed by atoms with van der Waals surface area (Å²) in [6.45, 7) is 1.82. The molecule has 6 nitrogen and oxygen atoms in total. The van der Waals surface area contributed by atoms with Crippen molar-refractivity contribution in [2.75, 3.05) is 10.0 Å². The zero-order valence-corrected chi connectivity index (χ0v) is 18.8. The number of hydrogen-bond acceptors (Lipinski definition) is 4. The predicted molar refractivity (Wildman–Crippen MR) is 123 cm³/mol. The number of nitrogens with one attached hydrogen (secondary N) is 2. The van der Waals surface area contributed by atoms with E-state index in [-0.39, 0.29) is 10.8 Å². The quantitative estimate of drug-likeness (QED) is 0.441. The van der Waals surface area contributed by atoms with E-state index in [4.69, 9.17) is 27.9 Å². The zero-order valence-electron chi connectivity index (χ0n) is 16.5. The lowest BCUT2D eigenvalue weighted by molar-refractivity contribution is -0.122. The van der Waals surface area contributed by atoms with Crippen molar-refractivity contribution in [3.05, 3.63) is 82.8 Å². The molecule has 1 atom stereocenters. The largest absolute Gasteiger partial charge is 0.479 e.